The second kappa shape index (κ2) is 5.11. The fourth-order valence-electron chi connectivity index (χ4n) is 2.47. The quantitative estimate of drug-likeness (QED) is 0.683. The van der Waals surface area contributed by atoms with Gasteiger partial charge in [0.15, 0.2) is 5.16 Å². The van der Waals surface area contributed by atoms with Crippen molar-refractivity contribution in [3.8, 4) is 0 Å². The van der Waals surface area contributed by atoms with Crippen molar-refractivity contribution in [3.63, 3.8) is 0 Å². The maximum atomic E-state index is 6.29. The molecule has 0 spiro atoms. The molecular weight excluding hydrogens is 278 g/mol. The van der Waals surface area contributed by atoms with Crippen LogP contribution in [0.25, 0.3) is 11.0 Å². The van der Waals surface area contributed by atoms with Crippen LogP contribution >= 0.6 is 11.8 Å². The van der Waals surface area contributed by atoms with Gasteiger partial charge < -0.3 is 10.7 Å². The fourth-order valence-corrected chi connectivity index (χ4v) is 3.45. The highest BCUT2D eigenvalue weighted by Crippen LogP contribution is 2.37. The highest BCUT2D eigenvalue weighted by Gasteiger charge is 2.12. The van der Waals surface area contributed by atoms with Gasteiger partial charge in [0, 0.05) is 10.6 Å². The minimum absolute atomic E-state index is 0.856. The highest BCUT2D eigenvalue weighted by atomic mass is 32.2. The summed E-state index contributed by atoms with van der Waals surface area (Å²) in [5.41, 5.74) is 14.0. The molecule has 2 aromatic carbocycles. The van der Waals surface area contributed by atoms with Gasteiger partial charge in [-0.05, 0) is 73.8 Å². The van der Waals surface area contributed by atoms with E-state index in [0.717, 1.165) is 32.3 Å². The first-order chi connectivity index (χ1) is 9.95. The van der Waals surface area contributed by atoms with Crippen LogP contribution in [0.2, 0.25) is 0 Å². The first kappa shape index (κ1) is 14.0. The lowest BCUT2D eigenvalue weighted by molar-refractivity contribution is 1.07. The molecule has 1 heterocycles. The first-order valence-corrected chi connectivity index (χ1v) is 7.78. The second-order valence-corrected chi connectivity index (χ2v) is 6.54. The Labute approximate surface area is 129 Å². The lowest BCUT2D eigenvalue weighted by atomic mass is 10.0. The molecule has 108 valence electrons. The summed E-state index contributed by atoms with van der Waals surface area (Å²) in [6.07, 6.45) is 0. The molecule has 0 saturated carbocycles. The van der Waals surface area contributed by atoms with Crippen molar-refractivity contribution in [2.45, 2.75) is 37.7 Å². The Hall–Kier alpha value is -1.94. The van der Waals surface area contributed by atoms with Crippen LogP contribution < -0.4 is 5.73 Å². The average Bonchev–Trinajstić information content (AvgIpc) is 2.83. The van der Waals surface area contributed by atoms with Gasteiger partial charge in [0.1, 0.15) is 0 Å². The standard InChI is InChI=1S/C17H19N3S/c1-9-5-6-13-14(7-9)20-17(19-13)21-16-11(3)8-10(2)12(4)15(16)18/h5-8H,18H2,1-4H3,(H,19,20). The molecule has 3 rings (SSSR count). The van der Waals surface area contributed by atoms with Gasteiger partial charge in [-0.25, -0.2) is 4.98 Å². The summed E-state index contributed by atoms with van der Waals surface area (Å²) in [6.45, 7) is 8.33. The maximum absolute atomic E-state index is 6.29. The van der Waals surface area contributed by atoms with E-state index in [0.29, 0.717) is 0 Å². The summed E-state index contributed by atoms with van der Waals surface area (Å²) in [6, 6.07) is 8.43. The van der Waals surface area contributed by atoms with Crippen molar-refractivity contribution >= 4 is 28.5 Å². The van der Waals surface area contributed by atoms with Crippen molar-refractivity contribution < 1.29 is 0 Å². The van der Waals surface area contributed by atoms with Crippen molar-refractivity contribution in [1.29, 1.82) is 0 Å². The summed E-state index contributed by atoms with van der Waals surface area (Å²) < 4.78 is 0. The van der Waals surface area contributed by atoms with E-state index in [9.17, 15) is 0 Å². The second-order valence-electron chi connectivity index (χ2n) is 5.54. The molecule has 0 saturated heterocycles. The molecule has 1 aromatic heterocycles. The number of aromatic amines is 1. The van der Waals surface area contributed by atoms with Crippen LogP contribution in [0.3, 0.4) is 0 Å². The molecule has 0 aliphatic carbocycles. The molecule has 0 bridgehead atoms. The predicted molar refractivity (Wildman–Crippen MR) is 90.0 cm³/mol. The third kappa shape index (κ3) is 2.51. The first-order valence-electron chi connectivity index (χ1n) is 6.96. The molecule has 0 amide bonds. The van der Waals surface area contributed by atoms with E-state index in [-0.39, 0.29) is 0 Å². The number of nitrogens with two attached hydrogens (primary N) is 1. The number of hydrogen-bond acceptors (Lipinski definition) is 3. The zero-order valence-corrected chi connectivity index (χ0v) is 13.6. The number of fused-ring (bicyclic) bond motifs is 1. The number of nitrogens with one attached hydrogen (secondary N) is 1. The van der Waals surface area contributed by atoms with Crippen molar-refractivity contribution in [1.82, 2.24) is 9.97 Å². The van der Waals surface area contributed by atoms with Gasteiger partial charge in [-0.15, -0.1) is 0 Å². The minimum Gasteiger partial charge on any atom is -0.398 e. The zero-order valence-electron chi connectivity index (χ0n) is 12.7. The number of aromatic nitrogens is 2. The van der Waals surface area contributed by atoms with Crippen LogP contribution in [-0.2, 0) is 0 Å². The van der Waals surface area contributed by atoms with Crippen LogP contribution in [0.1, 0.15) is 22.3 Å². The Kier molecular flexibility index (Phi) is 3.41. The normalized spacial score (nSPS) is 11.2. The van der Waals surface area contributed by atoms with Crippen LogP contribution in [0.15, 0.2) is 34.3 Å². The van der Waals surface area contributed by atoms with E-state index < -0.39 is 0 Å². The smallest absolute Gasteiger partial charge is 0.171 e. The summed E-state index contributed by atoms with van der Waals surface area (Å²) in [5, 5.41) is 0.883. The van der Waals surface area contributed by atoms with E-state index in [1.807, 2.05) is 0 Å². The summed E-state index contributed by atoms with van der Waals surface area (Å²) in [4.78, 5) is 9.10. The number of H-pyrrole nitrogens is 1. The van der Waals surface area contributed by atoms with E-state index in [2.05, 4.69) is 61.9 Å². The number of rotatable bonds is 2. The van der Waals surface area contributed by atoms with Crippen LogP contribution in [0.5, 0.6) is 0 Å². The Morgan fingerprint density at radius 1 is 1.05 bits per heavy atom. The fraction of sp³-hybridized carbons (Fsp3) is 0.235. The van der Waals surface area contributed by atoms with Gasteiger partial charge in [0.05, 0.1) is 11.0 Å². The molecule has 3 N–H and O–H groups in total. The van der Waals surface area contributed by atoms with E-state index in [1.165, 1.54) is 16.7 Å². The summed E-state index contributed by atoms with van der Waals surface area (Å²) in [5.74, 6) is 0. The van der Waals surface area contributed by atoms with Gasteiger partial charge >= 0.3 is 0 Å². The van der Waals surface area contributed by atoms with Crippen molar-refractivity contribution in [2.75, 3.05) is 5.73 Å². The van der Waals surface area contributed by atoms with E-state index >= 15 is 0 Å². The number of benzene rings is 2. The molecular formula is C17H19N3S. The number of aryl methyl sites for hydroxylation is 3. The molecule has 3 aromatic rings. The van der Waals surface area contributed by atoms with Crippen molar-refractivity contribution in [3.05, 3.63) is 46.5 Å². The molecule has 0 unspecified atom stereocenters. The average molecular weight is 297 g/mol. The molecule has 3 nitrogen and oxygen atoms in total. The molecule has 0 radical (unpaired) electrons. The number of anilines is 1. The Balaban J connectivity index is 2.04. The van der Waals surface area contributed by atoms with Crippen molar-refractivity contribution in [2.24, 2.45) is 0 Å². The topological polar surface area (TPSA) is 54.7 Å². The summed E-state index contributed by atoms with van der Waals surface area (Å²) in [7, 11) is 0. The minimum atomic E-state index is 0.856. The lowest BCUT2D eigenvalue weighted by Crippen LogP contribution is -1.98. The van der Waals surface area contributed by atoms with Gasteiger partial charge in [-0.1, -0.05) is 12.1 Å². The largest absolute Gasteiger partial charge is 0.398 e. The molecule has 21 heavy (non-hydrogen) atoms. The Morgan fingerprint density at radius 2 is 1.81 bits per heavy atom. The SMILES string of the molecule is Cc1ccc2[nH]c(Sc3c(C)cc(C)c(C)c3N)nc2c1. The van der Waals surface area contributed by atoms with Gasteiger partial charge in [0.25, 0.3) is 0 Å². The molecule has 0 aliphatic rings. The third-order valence-corrected chi connectivity index (χ3v) is 4.98. The third-order valence-electron chi connectivity index (χ3n) is 3.85. The predicted octanol–water partition coefficient (Wildman–Crippen LogP) is 4.53. The molecule has 0 atom stereocenters. The zero-order chi connectivity index (χ0) is 15.1. The summed E-state index contributed by atoms with van der Waals surface area (Å²) >= 11 is 1.60. The van der Waals surface area contributed by atoms with Crippen LogP contribution in [0, 0.1) is 27.7 Å². The van der Waals surface area contributed by atoms with Gasteiger partial charge in [-0.3, -0.25) is 0 Å². The monoisotopic (exact) mass is 297 g/mol. The van der Waals surface area contributed by atoms with E-state index in [1.54, 1.807) is 11.8 Å². The number of imidazole rings is 1. The Morgan fingerprint density at radius 3 is 2.57 bits per heavy atom. The maximum Gasteiger partial charge on any atom is 0.171 e. The number of nitrogens with zero attached hydrogens (tertiary/aromatic N) is 1. The lowest BCUT2D eigenvalue weighted by Gasteiger charge is -2.12. The molecule has 4 heteroatoms. The number of hydrogen-bond donors (Lipinski definition) is 2. The van der Waals surface area contributed by atoms with Gasteiger partial charge in [-0.2, -0.15) is 0 Å². The Bertz CT molecular complexity index is 834. The number of nitrogen functional groups attached to an aromatic ring is 1. The van der Waals surface area contributed by atoms with Crippen LogP contribution in [-0.4, -0.2) is 9.97 Å². The van der Waals surface area contributed by atoms with Gasteiger partial charge in [0.2, 0.25) is 0 Å². The molecule has 0 fully saturated rings. The van der Waals surface area contributed by atoms with Crippen LogP contribution in [0.4, 0.5) is 5.69 Å². The highest BCUT2D eigenvalue weighted by molar-refractivity contribution is 7.99. The molecule has 0 aliphatic heterocycles. The van der Waals surface area contributed by atoms with E-state index in [4.69, 9.17) is 5.73 Å².